The molecule has 11 heteroatoms. The first kappa shape index (κ1) is 25.7. The van der Waals surface area contributed by atoms with Crippen molar-refractivity contribution in [1.82, 2.24) is 5.48 Å². The maximum atomic E-state index is 13.6. The molecule has 37 heavy (non-hydrogen) atoms. The van der Waals surface area contributed by atoms with Crippen LogP contribution in [-0.2, 0) is 14.9 Å². The number of hydrogen-bond donors (Lipinski definition) is 3. The Labute approximate surface area is 214 Å². The maximum absolute atomic E-state index is 13.6. The average Bonchev–Trinajstić information content (AvgIpc) is 3.39. The molecule has 5 rings (SSSR count). The number of amidine groups is 1. The Morgan fingerprint density at radius 3 is 2.51 bits per heavy atom. The van der Waals surface area contributed by atoms with Gasteiger partial charge >= 0.3 is 0 Å². The standard InChI is InChI=1S/C26H30FN3O6S/c1-26(2,32)22(31)10-11-30(37(3,33)34)20-13-21-19(12-18(20)15-4-5-15)23(25-28-14-35-29-25)24(36-21)16-6-8-17(27)9-7-16/h6-9,12-13,15,22,31-32H,4-5,10-11,14H2,1-3H3,(H,28,29). The number of nitrogens with zero attached hydrogens (tertiary/aromatic N) is 2. The molecular weight excluding hydrogens is 501 g/mol. The van der Waals surface area contributed by atoms with Gasteiger partial charge in [-0.05, 0) is 74.9 Å². The number of halogens is 1. The van der Waals surface area contributed by atoms with Crippen LogP contribution >= 0.6 is 0 Å². The van der Waals surface area contributed by atoms with Gasteiger partial charge in [-0.25, -0.2) is 23.3 Å². The number of nitrogens with one attached hydrogen (secondary N) is 1. The first-order valence-corrected chi connectivity index (χ1v) is 14.0. The highest BCUT2D eigenvalue weighted by Gasteiger charge is 2.34. The van der Waals surface area contributed by atoms with Gasteiger partial charge in [-0.15, -0.1) is 0 Å². The smallest absolute Gasteiger partial charge is 0.232 e. The third-order valence-corrected chi connectivity index (χ3v) is 7.92. The lowest BCUT2D eigenvalue weighted by molar-refractivity contribution is -0.0498. The van der Waals surface area contributed by atoms with Crippen LogP contribution in [0.5, 0.6) is 0 Å². The van der Waals surface area contributed by atoms with E-state index in [4.69, 9.17) is 9.25 Å². The van der Waals surface area contributed by atoms with Gasteiger partial charge in [0.25, 0.3) is 0 Å². The summed E-state index contributed by atoms with van der Waals surface area (Å²) in [5.74, 6) is 0.723. The number of aliphatic hydroxyl groups is 2. The molecule has 1 aliphatic heterocycles. The Balaban J connectivity index is 1.67. The minimum absolute atomic E-state index is 0.0181. The molecular formula is C26H30FN3O6S. The van der Waals surface area contributed by atoms with Crippen LogP contribution in [0.25, 0.3) is 22.3 Å². The molecule has 2 aliphatic rings. The Kier molecular flexibility index (Phi) is 6.51. The van der Waals surface area contributed by atoms with Gasteiger partial charge < -0.3 is 14.6 Å². The largest absolute Gasteiger partial charge is 0.455 e. The van der Waals surface area contributed by atoms with Gasteiger partial charge in [0, 0.05) is 23.6 Å². The second-order valence-corrected chi connectivity index (χ2v) is 12.1. The first-order chi connectivity index (χ1) is 17.4. The van der Waals surface area contributed by atoms with Gasteiger partial charge in [0.2, 0.25) is 10.0 Å². The third-order valence-electron chi connectivity index (χ3n) is 6.74. The molecule has 1 aliphatic carbocycles. The molecule has 2 aromatic carbocycles. The van der Waals surface area contributed by atoms with Crippen LogP contribution in [0.4, 0.5) is 10.1 Å². The number of hydroxylamine groups is 1. The number of benzene rings is 2. The summed E-state index contributed by atoms with van der Waals surface area (Å²) >= 11 is 0. The zero-order valence-corrected chi connectivity index (χ0v) is 21.7. The summed E-state index contributed by atoms with van der Waals surface area (Å²) in [6.45, 7) is 3.07. The minimum atomic E-state index is -3.73. The molecule has 3 N–H and O–H groups in total. The van der Waals surface area contributed by atoms with Crippen molar-refractivity contribution in [3.63, 3.8) is 0 Å². The number of hydrogen-bond acceptors (Lipinski definition) is 8. The van der Waals surface area contributed by atoms with Gasteiger partial charge in [-0.2, -0.15) is 0 Å². The van der Waals surface area contributed by atoms with E-state index in [0.29, 0.717) is 34.0 Å². The van der Waals surface area contributed by atoms with Crippen LogP contribution in [0.1, 0.15) is 50.2 Å². The van der Waals surface area contributed by atoms with Crippen LogP contribution < -0.4 is 9.79 Å². The summed E-state index contributed by atoms with van der Waals surface area (Å²) in [4.78, 5) is 9.61. The number of sulfonamides is 1. The summed E-state index contributed by atoms with van der Waals surface area (Å²) < 4.78 is 47.0. The topological polar surface area (TPSA) is 125 Å². The van der Waals surface area contributed by atoms with E-state index >= 15 is 0 Å². The highest BCUT2D eigenvalue weighted by Crippen LogP contribution is 2.48. The Bertz CT molecular complexity index is 1460. The molecule has 2 heterocycles. The number of aliphatic imine (C=N–C) groups is 1. The quantitative estimate of drug-likeness (QED) is 0.385. The molecule has 3 aromatic rings. The van der Waals surface area contributed by atoms with Crippen molar-refractivity contribution in [2.24, 2.45) is 4.99 Å². The highest BCUT2D eigenvalue weighted by molar-refractivity contribution is 7.92. The molecule has 9 nitrogen and oxygen atoms in total. The van der Waals surface area contributed by atoms with Gasteiger partial charge in [-0.3, -0.25) is 9.14 Å². The van der Waals surface area contributed by atoms with Crippen molar-refractivity contribution in [2.45, 2.75) is 50.7 Å². The number of furan rings is 1. The average molecular weight is 532 g/mol. The van der Waals surface area contributed by atoms with E-state index in [1.54, 1.807) is 18.2 Å². The lowest BCUT2D eigenvalue weighted by atomic mass is 9.98. The van der Waals surface area contributed by atoms with Crippen LogP contribution in [0.3, 0.4) is 0 Å². The maximum Gasteiger partial charge on any atom is 0.232 e. The first-order valence-electron chi connectivity index (χ1n) is 12.1. The van der Waals surface area contributed by atoms with Crippen LogP contribution in [-0.4, -0.2) is 55.7 Å². The lowest BCUT2D eigenvalue weighted by Crippen LogP contribution is -2.40. The van der Waals surface area contributed by atoms with Gasteiger partial charge in [0.1, 0.15) is 17.2 Å². The second-order valence-electron chi connectivity index (χ2n) is 10.2. The van der Waals surface area contributed by atoms with E-state index < -0.39 is 21.7 Å². The summed E-state index contributed by atoms with van der Waals surface area (Å²) in [6.07, 6.45) is 1.89. The number of fused-ring (bicyclic) bond motifs is 1. The zero-order chi connectivity index (χ0) is 26.5. The van der Waals surface area contributed by atoms with Crippen LogP contribution in [0.2, 0.25) is 0 Å². The predicted molar refractivity (Wildman–Crippen MR) is 138 cm³/mol. The fraction of sp³-hybridized carbons (Fsp3) is 0.423. The Morgan fingerprint density at radius 2 is 1.95 bits per heavy atom. The highest BCUT2D eigenvalue weighted by atomic mass is 32.2. The van der Waals surface area contributed by atoms with Crippen LogP contribution in [0, 0.1) is 5.82 Å². The third kappa shape index (κ3) is 5.22. The molecule has 0 bridgehead atoms. The molecule has 0 spiro atoms. The lowest BCUT2D eigenvalue weighted by Gasteiger charge is -2.29. The van der Waals surface area contributed by atoms with Crippen molar-refractivity contribution >= 4 is 32.5 Å². The SMILES string of the molecule is CC(C)(O)C(O)CCN(c1cc2oc(-c3ccc(F)cc3)c(C3=NCON3)c2cc1C1CC1)S(C)(=O)=O. The number of anilines is 1. The molecule has 0 radical (unpaired) electrons. The minimum Gasteiger partial charge on any atom is -0.455 e. The normalized spacial score (nSPS) is 17.1. The van der Waals surface area contributed by atoms with E-state index in [2.05, 4.69) is 10.5 Å². The van der Waals surface area contributed by atoms with Crippen molar-refractivity contribution < 1.29 is 32.3 Å². The van der Waals surface area contributed by atoms with E-state index in [1.165, 1.54) is 30.3 Å². The van der Waals surface area contributed by atoms with Crippen LogP contribution in [0.15, 0.2) is 45.8 Å². The molecule has 1 fully saturated rings. The summed E-state index contributed by atoms with van der Waals surface area (Å²) in [5.41, 5.74) is 4.47. The fourth-order valence-corrected chi connectivity index (χ4v) is 5.50. The Morgan fingerprint density at radius 1 is 1.24 bits per heavy atom. The fourth-order valence-electron chi connectivity index (χ4n) is 4.54. The van der Waals surface area contributed by atoms with Crippen molar-refractivity contribution in [1.29, 1.82) is 0 Å². The van der Waals surface area contributed by atoms with Gasteiger partial charge in [0.15, 0.2) is 12.6 Å². The number of rotatable bonds is 9. The summed E-state index contributed by atoms with van der Waals surface area (Å²) in [5, 5.41) is 21.2. The van der Waals surface area contributed by atoms with Crippen molar-refractivity contribution in [2.75, 3.05) is 23.8 Å². The van der Waals surface area contributed by atoms with Crippen molar-refractivity contribution in [3.05, 3.63) is 53.3 Å². The zero-order valence-electron chi connectivity index (χ0n) is 20.9. The predicted octanol–water partition coefficient (Wildman–Crippen LogP) is 3.64. The van der Waals surface area contributed by atoms with Gasteiger partial charge in [0.05, 0.1) is 29.2 Å². The molecule has 0 amide bonds. The number of aliphatic hydroxyl groups excluding tert-OH is 1. The molecule has 1 aromatic heterocycles. The molecule has 1 saturated carbocycles. The van der Waals surface area contributed by atoms with E-state index in [9.17, 15) is 23.0 Å². The second kappa shape index (κ2) is 9.39. The summed E-state index contributed by atoms with van der Waals surface area (Å²) in [7, 11) is -3.73. The summed E-state index contributed by atoms with van der Waals surface area (Å²) in [6, 6.07) is 9.53. The Hall–Kier alpha value is -2.99. The molecule has 0 saturated heterocycles. The molecule has 198 valence electrons. The van der Waals surface area contributed by atoms with E-state index in [-0.39, 0.29) is 31.4 Å². The van der Waals surface area contributed by atoms with Crippen molar-refractivity contribution in [3.8, 4) is 11.3 Å². The monoisotopic (exact) mass is 531 g/mol. The van der Waals surface area contributed by atoms with E-state index in [1.807, 2.05) is 6.07 Å². The molecule has 1 atom stereocenters. The van der Waals surface area contributed by atoms with E-state index in [0.717, 1.165) is 30.0 Å². The molecule has 1 unspecified atom stereocenters. The van der Waals surface area contributed by atoms with Gasteiger partial charge in [-0.1, -0.05) is 0 Å².